The van der Waals surface area contributed by atoms with Crippen molar-refractivity contribution in [2.75, 3.05) is 16.9 Å². The van der Waals surface area contributed by atoms with Gasteiger partial charge < -0.3 is 10.6 Å². The van der Waals surface area contributed by atoms with E-state index in [0.717, 1.165) is 6.26 Å². The first-order chi connectivity index (χ1) is 12.8. The van der Waals surface area contributed by atoms with Gasteiger partial charge in [-0.3, -0.25) is 4.79 Å². The molecule has 0 atom stereocenters. The van der Waals surface area contributed by atoms with Gasteiger partial charge in [0, 0.05) is 23.7 Å². The largest absolute Gasteiger partial charge is 0.340 e. The van der Waals surface area contributed by atoms with Crippen molar-refractivity contribution in [2.24, 2.45) is 0 Å². The lowest BCUT2D eigenvalue weighted by Crippen LogP contribution is -2.14. The van der Waals surface area contributed by atoms with Crippen LogP contribution in [0.2, 0.25) is 0 Å². The molecule has 0 spiro atoms. The van der Waals surface area contributed by atoms with Crippen LogP contribution in [0.1, 0.15) is 10.5 Å². The molecule has 1 heterocycles. The zero-order valence-electron chi connectivity index (χ0n) is 14.2. The van der Waals surface area contributed by atoms with Gasteiger partial charge in [0.1, 0.15) is 23.7 Å². The molecule has 138 valence electrons. The second-order valence-corrected chi connectivity index (χ2v) is 7.69. The summed E-state index contributed by atoms with van der Waals surface area (Å²) in [5, 5.41) is 5.54. The van der Waals surface area contributed by atoms with Crippen LogP contribution in [0.15, 0.2) is 65.8 Å². The van der Waals surface area contributed by atoms with Gasteiger partial charge in [0.15, 0.2) is 9.84 Å². The normalized spacial score (nSPS) is 11.0. The van der Waals surface area contributed by atoms with Crippen molar-refractivity contribution in [2.45, 2.75) is 4.90 Å². The van der Waals surface area contributed by atoms with E-state index in [-0.39, 0.29) is 10.6 Å². The van der Waals surface area contributed by atoms with Crippen LogP contribution in [-0.2, 0) is 9.84 Å². The van der Waals surface area contributed by atoms with Crippen LogP contribution < -0.4 is 10.6 Å². The van der Waals surface area contributed by atoms with E-state index in [0.29, 0.717) is 17.2 Å². The standard InChI is InChI=1S/C18H15FN4O3S/c1-27(25,26)15-4-2-3-14(9-15)22-17-10-16(20-11-21-17)18(24)23-13-7-5-12(19)6-8-13/h2-11H,1H3,(H,23,24)(H,20,21,22). The Morgan fingerprint density at radius 1 is 1.00 bits per heavy atom. The van der Waals surface area contributed by atoms with E-state index in [1.807, 2.05) is 0 Å². The number of amides is 1. The Bertz CT molecular complexity index is 1090. The minimum absolute atomic E-state index is 0.0936. The van der Waals surface area contributed by atoms with Crippen LogP contribution in [0.25, 0.3) is 0 Å². The summed E-state index contributed by atoms with van der Waals surface area (Å²) in [7, 11) is -3.34. The Labute approximate surface area is 155 Å². The average molecular weight is 386 g/mol. The van der Waals surface area contributed by atoms with E-state index >= 15 is 0 Å². The molecular weight excluding hydrogens is 371 g/mol. The molecule has 0 radical (unpaired) electrons. The van der Waals surface area contributed by atoms with E-state index in [1.54, 1.807) is 12.1 Å². The molecule has 0 saturated heterocycles. The maximum Gasteiger partial charge on any atom is 0.274 e. The molecule has 3 rings (SSSR count). The average Bonchev–Trinajstić information content (AvgIpc) is 2.63. The highest BCUT2D eigenvalue weighted by Crippen LogP contribution is 2.19. The highest BCUT2D eigenvalue weighted by molar-refractivity contribution is 7.90. The number of carbonyl (C=O) groups is 1. The molecule has 7 nitrogen and oxygen atoms in total. The predicted molar refractivity (Wildman–Crippen MR) is 99.2 cm³/mol. The fraction of sp³-hybridized carbons (Fsp3) is 0.0556. The van der Waals surface area contributed by atoms with Crippen LogP contribution in [0.5, 0.6) is 0 Å². The number of aromatic nitrogens is 2. The van der Waals surface area contributed by atoms with Gasteiger partial charge in [-0.15, -0.1) is 0 Å². The third-order valence-corrected chi connectivity index (χ3v) is 4.65. The van der Waals surface area contributed by atoms with Gasteiger partial charge in [-0.25, -0.2) is 22.8 Å². The number of nitrogens with zero attached hydrogens (tertiary/aromatic N) is 2. The van der Waals surface area contributed by atoms with Crippen molar-refractivity contribution in [3.8, 4) is 0 Å². The Morgan fingerprint density at radius 2 is 1.74 bits per heavy atom. The summed E-state index contributed by atoms with van der Waals surface area (Å²) in [5.74, 6) is -0.574. The van der Waals surface area contributed by atoms with Gasteiger partial charge in [-0.1, -0.05) is 6.07 Å². The van der Waals surface area contributed by atoms with Crippen LogP contribution in [0, 0.1) is 5.82 Å². The maximum atomic E-state index is 12.9. The monoisotopic (exact) mass is 386 g/mol. The number of nitrogens with one attached hydrogen (secondary N) is 2. The Morgan fingerprint density at radius 3 is 2.44 bits per heavy atom. The fourth-order valence-electron chi connectivity index (χ4n) is 2.23. The topological polar surface area (TPSA) is 101 Å². The van der Waals surface area contributed by atoms with Crippen LogP contribution in [0.3, 0.4) is 0 Å². The molecule has 2 aromatic carbocycles. The number of sulfone groups is 1. The van der Waals surface area contributed by atoms with E-state index in [4.69, 9.17) is 0 Å². The van der Waals surface area contributed by atoms with E-state index in [1.165, 1.54) is 48.8 Å². The molecule has 0 unspecified atom stereocenters. The summed E-state index contributed by atoms with van der Waals surface area (Å²) in [6, 6.07) is 13.0. The molecule has 0 saturated carbocycles. The first kappa shape index (κ1) is 18.5. The lowest BCUT2D eigenvalue weighted by molar-refractivity contribution is 0.102. The van der Waals surface area contributed by atoms with Crippen LogP contribution >= 0.6 is 0 Å². The van der Waals surface area contributed by atoms with Gasteiger partial charge in [0.25, 0.3) is 5.91 Å². The molecule has 9 heteroatoms. The van der Waals surface area contributed by atoms with Gasteiger partial charge in [-0.2, -0.15) is 0 Å². The molecule has 0 aliphatic heterocycles. The molecule has 1 amide bonds. The summed E-state index contributed by atoms with van der Waals surface area (Å²) >= 11 is 0. The highest BCUT2D eigenvalue weighted by atomic mass is 32.2. The van der Waals surface area contributed by atoms with Crippen molar-refractivity contribution < 1.29 is 17.6 Å². The molecule has 2 N–H and O–H groups in total. The Balaban J connectivity index is 1.77. The number of anilines is 3. The van der Waals surface area contributed by atoms with Gasteiger partial charge in [0.2, 0.25) is 0 Å². The third-order valence-electron chi connectivity index (χ3n) is 3.54. The van der Waals surface area contributed by atoms with Gasteiger partial charge >= 0.3 is 0 Å². The SMILES string of the molecule is CS(=O)(=O)c1cccc(Nc2cc(C(=O)Nc3ccc(F)cc3)ncn2)c1. The van der Waals surface area contributed by atoms with Crippen LogP contribution in [0.4, 0.5) is 21.6 Å². The first-order valence-electron chi connectivity index (χ1n) is 7.77. The van der Waals surface area contributed by atoms with Crippen molar-refractivity contribution in [1.82, 2.24) is 9.97 Å². The van der Waals surface area contributed by atoms with E-state index in [2.05, 4.69) is 20.6 Å². The number of benzene rings is 2. The number of hydrogen-bond donors (Lipinski definition) is 2. The molecule has 0 aliphatic carbocycles. The number of hydrogen-bond acceptors (Lipinski definition) is 6. The zero-order valence-corrected chi connectivity index (χ0v) is 15.0. The number of rotatable bonds is 5. The zero-order chi connectivity index (χ0) is 19.4. The minimum atomic E-state index is -3.34. The summed E-state index contributed by atoms with van der Waals surface area (Å²) in [5.41, 5.74) is 1.02. The van der Waals surface area contributed by atoms with Crippen molar-refractivity contribution in [1.29, 1.82) is 0 Å². The second-order valence-electron chi connectivity index (χ2n) is 5.67. The molecule has 0 bridgehead atoms. The summed E-state index contributed by atoms with van der Waals surface area (Å²) in [6.07, 6.45) is 2.33. The van der Waals surface area contributed by atoms with Crippen molar-refractivity contribution in [3.63, 3.8) is 0 Å². The molecule has 3 aromatic rings. The van der Waals surface area contributed by atoms with Crippen LogP contribution in [-0.4, -0.2) is 30.5 Å². The van der Waals surface area contributed by atoms with Gasteiger partial charge in [0.05, 0.1) is 4.90 Å². The quantitative estimate of drug-likeness (QED) is 0.699. The Kier molecular flexibility index (Phi) is 5.13. The van der Waals surface area contributed by atoms with Crippen molar-refractivity contribution >= 4 is 32.9 Å². The third kappa shape index (κ3) is 4.85. The summed E-state index contributed by atoms with van der Waals surface area (Å²) < 4.78 is 36.2. The first-order valence-corrected chi connectivity index (χ1v) is 9.66. The number of halogens is 1. The lowest BCUT2D eigenvalue weighted by Gasteiger charge is -2.09. The molecule has 0 aliphatic rings. The van der Waals surface area contributed by atoms with E-state index < -0.39 is 21.6 Å². The van der Waals surface area contributed by atoms with Gasteiger partial charge in [-0.05, 0) is 42.5 Å². The minimum Gasteiger partial charge on any atom is -0.340 e. The highest BCUT2D eigenvalue weighted by Gasteiger charge is 2.11. The van der Waals surface area contributed by atoms with E-state index in [9.17, 15) is 17.6 Å². The van der Waals surface area contributed by atoms with Crippen molar-refractivity contribution in [3.05, 3.63) is 72.4 Å². The molecule has 27 heavy (non-hydrogen) atoms. The second kappa shape index (κ2) is 7.50. The Hall–Kier alpha value is -3.33. The summed E-state index contributed by atoms with van der Waals surface area (Å²) in [4.78, 5) is 20.4. The smallest absolute Gasteiger partial charge is 0.274 e. The predicted octanol–water partition coefficient (Wildman–Crippen LogP) is 3.02. The molecular formula is C18H15FN4O3S. The number of carbonyl (C=O) groups excluding carboxylic acids is 1. The fourth-order valence-corrected chi connectivity index (χ4v) is 2.90. The molecule has 0 fully saturated rings. The maximum absolute atomic E-state index is 12.9. The lowest BCUT2D eigenvalue weighted by atomic mass is 10.3. The summed E-state index contributed by atoms with van der Waals surface area (Å²) in [6.45, 7) is 0. The molecule has 1 aromatic heterocycles.